The molecule has 3 aromatic rings. The molecular weight excluding hydrogens is 438 g/mol. The van der Waals surface area contributed by atoms with E-state index in [4.69, 9.17) is 9.47 Å². The molecule has 170 valence electrons. The zero-order valence-corrected chi connectivity index (χ0v) is 19.5. The minimum Gasteiger partial charge on any atom is -0.497 e. The second-order valence-electron chi connectivity index (χ2n) is 7.65. The fraction of sp³-hybridized carbons (Fsp3) is 0.240. The van der Waals surface area contributed by atoms with Crippen LogP contribution in [0.3, 0.4) is 0 Å². The number of hydrazone groups is 1. The first-order valence-corrected chi connectivity index (χ1v) is 11.3. The Kier molecular flexibility index (Phi) is 6.74. The van der Waals surface area contributed by atoms with Crippen molar-refractivity contribution in [3.05, 3.63) is 82.0 Å². The first-order chi connectivity index (χ1) is 16.0. The molecule has 7 nitrogen and oxygen atoms in total. The summed E-state index contributed by atoms with van der Waals surface area (Å²) in [6.45, 7) is -0.0712. The van der Waals surface area contributed by atoms with Crippen LogP contribution in [0, 0.1) is 0 Å². The van der Waals surface area contributed by atoms with Crippen molar-refractivity contribution < 1.29 is 19.1 Å². The molecule has 4 rings (SSSR count). The van der Waals surface area contributed by atoms with Crippen molar-refractivity contribution in [2.75, 3.05) is 27.8 Å². The molecule has 2 aromatic carbocycles. The number of ether oxygens (including phenoxy) is 2. The van der Waals surface area contributed by atoms with Crippen molar-refractivity contribution in [1.82, 2.24) is 9.91 Å². The van der Waals surface area contributed by atoms with Gasteiger partial charge in [0, 0.05) is 19.0 Å². The van der Waals surface area contributed by atoms with E-state index in [1.165, 1.54) is 21.2 Å². The van der Waals surface area contributed by atoms with Crippen molar-refractivity contribution in [3.63, 3.8) is 0 Å². The molecule has 0 saturated heterocycles. The molecule has 0 saturated carbocycles. The molecule has 0 fully saturated rings. The van der Waals surface area contributed by atoms with E-state index >= 15 is 0 Å². The number of nitrogens with zero attached hydrogens (tertiary/aromatic N) is 3. The maximum absolute atomic E-state index is 13.3. The fourth-order valence-corrected chi connectivity index (χ4v) is 4.46. The number of hydrogen-bond donors (Lipinski definition) is 0. The van der Waals surface area contributed by atoms with E-state index in [-0.39, 0.29) is 24.4 Å². The normalized spacial score (nSPS) is 15.2. The van der Waals surface area contributed by atoms with Crippen molar-refractivity contribution >= 4 is 28.9 Å². The number of methoxy groups -OCH3 is 2. The smallest absolute Gasteiger partial charge is 0.264 e. The van der Waals surface area contributed by atoms with E-state index in [0.717, 1.165) is 28.3 Å². The van der Waals surface area contributed by atoms with E-state index in [9.17, 15) is 9.59 Å². The summed E-state index contributed by atoms with van der Waals surface area (Å²) in [7, 11) is 4.86. The lowest BCUT2D eigenvalue weighted by molar-refractivity contribution is -0.133. The number of carbonyl (C=O) groups excluding carboxylic acids is 2. The third-order valence-corrected chi connectivity index (χ3v) is 6.38. The predicted octanol–water partition coefficient (Wildman–Crippen LogP) is 4.22. The molecule has 0 aliphatic carbocycles. The van der Waals surface area contributed by atoms with Gasteiger partial charge in [-0.25, -0.2) is 5.01 Å². The average molecular weight is 464 g/mol. The van der Waals surface area contributed by atoms with E-state index in [1.54, 1.807) is 27.3 Å². The zero-order chi connectivity index (χ0) is 23.4. The second-order valence-corrected chi connectivity index (χ2v) is 8.60. The van der Waals surface area contributed by atoms with Gasteiger partial charge in [-0.3, -0.25) is 9.59 Å². The van der Waals surface area contributed by atoms with Gasteiger partial charge < -0.3 is 14.4 Å². The number of hydrogen-bond acceptors (Lipinski definition) is 6. The molecule has 0 bridgehead atoms. The lowest BCUT2D eigenvalue weighted by Crippen LogP contribution is -2.39. The van der Waals surface area contributed by atoms with Gasteiger partial charge in [-0.15, -0.1) is 11.3 Å². The number of amides is 2. The summed E-state index contributed by atoms with van der Waals surface area (Å²) in [6, 6.07) is 18.5. The Balaban J connectivity index is 1.61. The molecule has 0 N–H and O–H groups in total. The number of carbonyl (C=O) groups is 2. The predicted molar refractivity (Wildman–Crippen MR) is 128 cm³/mol. The highest BCUT2D eigenvalue weighted by Crippen LogP contribution is 2.34. The van der Waals surface area contributed by atoms with Gasteiger partial charge in [-0.2, -0.15) is 5.10 Å². The molecule has 8 heteroatoms. The summed E-state index contributed by atoms with van der Waals surface area (Å²) >= 11 is 1.35. The van der Waals surface area contributed by atoms with E-state index < -0.39 is 0 Å². The topological polar surface area (TPSA) is 71.4 Å². The van der Waals surface area contributed by atoms with Crippen molar-refractivity contribution in [2.45, 2.75) is 12.5 Å². The minimum absolute atomic E-state index is 0.0712. The summed E-state index contributed by atoms with van der Waals surface area (Å²) in [4.78, 5) is 28.0. The van der Waals surface area contributed by atoms with Gasteiger partial charge in [0.25, 0.3) is 11.8 Å². The van der Waals surface area contributed by atoms with E-state index in [0.29, 0.717) is 11.3 Å². The van der Waals surface area contributed by atoms with Crippen LogP contribution in [-0.2, 0) is 4.79 Å². The van der Waals surface area contributed by atoms with Gasteiger partial charge in [0.05, 0.1) is 30.9 Å². The van der Waals surface area contributed by atoms with Crippen LogP contribution in [0.25, 0.3) is 0 Å². The van der Waals surface area contributed by atoms with Crippen molar-refractivity contribution in [3.8, 4) is 11.5 Å². The zero-order valence-electron chi connectivity index (χ0n) is 18.7. The third kappa shape index (κ3) is 4.90. The maximum Gasteiger partial charge on any atom is 0.264 e. The highest BCUT2D eigenvalue weighted by molar-refractivity contribution is 7.12. The largest absolute Gasteiger partial charge is 0.497 e. The SMILES string of the molecule is COc1ccc([C@H]2CC(c3cccc(OC)c3)=NN2C(=O)CN(C)C(=O)c2cccs2)cc1. The number of rotatable bonds is 7. The molecule has 2 amide bonds. The molecule has 1 aliphatic rings. The lowest BCUT2D eigenvalue weighted by Gasteiger charge is -2.25. The fourth-order valence-electron chi connectivity index (χ4n) is 3.74. The molecule has 1 atom stereocenters. The maximum atomic E-state index is 13.3. The number of thiophene rings is 1. The van der Waals surface area contributed by atoms with Crippen molar-refractivity contribution in [1.29, 1.82) is 0 Å². The Morgan fingerprint density at radius 3 is 2.48 bits per heavy atom. The number of likely N-dealkylation sites (N-methyl/N-ethyl adjacent to an activating group) is 1. The monoisotopic (exact) mass is 463 g/mol. The van der Waals surface area contributed by atoms with Crippen LogP contribution < -0.4 is 9.47 Å². The average Bonchev–Trinajstić information content (AvgIpc) is 3.54. The Morgan fingerprint density at radius 2 is 1.82 bits per heavy atom. The molecule has 1 aliphatic heterocycles. The Hall–Kier alpha value is -3.65. The number of benzene rings is 2. The van der Waals surface area contributed by atoms with E-state index in [1.807, 2.05) is 60.0 Å². The Morgan fingerprint density at radius 1 is 1.06 bits per heavy atom. The van der Waals surface area contributed by atoms with Crippen LogP contribution in [0.1, 0.15) is 33.3 Å². The molecule has 0 unspecified atom stereocenters. The summed E-state index contributed by atoms with van der Waals surface area (Å²) in [5.41, 5.74) is 2.62. The molecule has 33 heavy (non-hydrogen) atoms. The summed E-state index contributed by atoms with van der Waals surface area (Å²) < 4.78 is 10.6. The van der Waals surface area contributed by atoms with Crippen LogP contribution in [0.5, 0.6) is 11.5 Å². The first kappa shape index (κ1) is 22.5. The van der Waals surface area contributed by atoms with Gasteiger partial charge in [-0.05, 0) is 41.3 Å². The molecule has 2 heterocycles. The standard InChI is InChI=1S/C25H25N3O4S/c1-27(25(30)23-8-5-13-33-23)16-24(29)28-22(17-9-11-19(31-2)12-10-17)15-21(26-28)18-6-4-7-20(14-18)32-3/h4-14,22H,15-16H2,1-3H3/t22-/m1/s1. The second kappa shape index (κ2) is 9.87. The van der Waals surface area contributed by atoms with Crippen LogP contribution in [0.4, 0.5) is 0 Å². The van der Waals surface area contributed by atoms with Gasteiger partial charge in [0.15, 0.2) is 0 Å². The van der Waals surface area contributed by atoms with Gasteiger partial charge in [0.1, 0.15) is 18.0 Å². The highest BCUT2D eigenvalue weighted by Gasteiger charge is 2.34. The Labute approximate surface area is 196 Å². The van der Waals surface area contributed by atoms with Gasteiger partial charge in [0.2, 0.25) is 0 Å². The Bertz CT molecular complexity index is 1160. The lowest BCUT2D eigenvalue weighted by atomic mass is 9.98. The van der Waals surface area contributed by atoms with Crippen LogP contribution in [-0.4, -0.2) is 55.2 Å². The van der Waals surface area contributed by atoms with Crippen LogP contribution in [0.2, 0.25) is 0 Å². The van der Waals surface area contributed by atoms with Crippen LogP contribution in [0.15, 0.2) is 71.1 Å². The molecule has 0 radical (unpaired) electrons. The molecular formula is C25H25N3O4S. The van der Waals surface area contributed by atoms with Crippen LogP contribution >= 0.6 is 11.3 Å². The molecule has 0 spiro atoms. The summed E-state index contributed by atoms with van der Waals surface area (Å²) in [5, 5.41) is 8.02. The van der Waals surface area contributed by atoms with Gasteiger partial charge >= 0.3 is 0 Å². The van der Waals surface area contributed by atoms with E-state index in [2.05, 4.69) is 5.10 Å². The first-order valence-electron chi connectivity index (χ1n) is 10.5. The summed E-state index contributed by atoms with van der Waals surface area (Å²) in [6.07, 6.45) is 0.549. The summed E-state index contributed by atoms with van der Waals surface area (Å²) in [5.74, 6) is 1.03. The van der Waals surface area contributed by atoms with Gasteiger partial charge in [-0.1, -0.05) is 30.3 Å². The molecule has 1 aromatic heterocycles. The quantitative estimate of drug-likeness (QED) is 0.526. The highest BCUT2D eigenvalue weighted by atomic mass is 32.1. The minimum atomic E-state index is -0.283. The van der Waals surface area contributed by atoms with Crippen molar-refractivity contribution in [2.24, 2.45) is 5.10 Å². The third-order valence-electron chi connectivity index (χ3n) is 5.52.